The number of rotatable bonds is 2. The Morgan fingerprint density at radius 1 is 0.667 bits per heavy atom. The summed E-state index contributed by atoms with van der Waals surface area (Å²) in [6.07, 6.45) is 0.917. The molecule has 0 bridgehead atoms. The smallest absolute Gasteiger partial charge is 0.187 e. The van der Waals surface area contributed by atoms with Crippen molar-refractivity contribution in [2.45, 2.75) is 18.3 Å². The van der Waals surface area contributed by atoms with E-state index in [1.807, 2.05) is 0 Å². The van der Waals surface area contributed by atoms with Gasteiger partial charge in [0.15, 0.2) is 34.8 Å². The molecule has 0 amide bonds. The van der Waals surface area contributed by atoms with Crippen LogP contribution in [0.2, 0.25) is 0 Å². The van der Waals surface area contributed by atoms with Crippen LogP contribution in [0.1, 0.15) is 24.0 Å². The maximum Gasteiger partial charge on any atom is 0.187 e. The summed E-state index contributed by atoms with van der Waals surface area (Å²) in [4.78, 5) is 0. The number of halogens is 4. The number of hydrogen-bond acceptors (Lipinski definition) is 2. The minimum atomic E-state index is -1.13. The fourth-order valence-electron chi connectivity index (χ4n) is 2.55. The van der Waals surface area contributed by atoms with E-state index >= 15 is 0 Å². The van der Waals surface area contributed by atoms with Crippen LogP contribution in [0.4, 0.5) is 17.6 Å². The highest BCUT2D eigenvalue weighted by atomic mass is 19.1. The third-order valence-electron chi connectivity index (χ3n) is 3.89. The molecule has 0 aliphatic heterocycles. The molecule has 1 aliphatic carbocycles. The molecular formula is C15H10F4O2. The first-order valence-electron chi connectivity index (χ1n) is 6.22. The van der Waals surface area contributed by atoms with Crippen LogP contribution in [0.15, 0.2) is 24.3 Å². The van der Waals surface area contributed by atoms with E-state index in [-0.39, 0.29) is 11.1 Å². The Labute approximate surface area is 117 Å². The molecule has 2 aromatic rings. The number of benzene rings is 2. The molecule has 1 fully saturated rings. The fraction of sp³-hybridized carbons (Fsp3) is 0.200. The number of phenols is 2. The van der Waals surface area contributed by atoms with Crippen LogP contribution in [0.25, 0.3) is 0 Å². The van der Waals surface area contributed by atoms with E-state index < -0.39 is 40.2 Å². The second kappa shape index (κ2) is 4.38. The van der Waals surface area contributed by atoms with E-state index in [0.717, 1.165) is 24.3 Å². The van der Waals surface area contributed by atoms with Crippen molar-refractivity contribution in [2.24, 2.45) is 0 Å². The van der Waals surface area contributed by atoms with Crippen molar-refractivity contribution in [2.75, 3.05) is 0 Å². The third kappa shape index (κ3) is 2.02. The molecule has 6 heteroatoms. The molecule has 1 saturated carbocycles. The summed E-state index contributed by atoms with van der Waals surface area (Å²) >= 11 is 0. The van der Waals surface area contributed by atoms with Gasteiger partial charge in [0, 0.05) is 5.41 Å². The molecular weight excluding hydrogens is 288 g/mol. The SMILES string of the molecule is Oc1c(F)cc(C2(c3cc(F)c(O)c(F)c3)CC2)cc1F. The maximum atomic E-state index is 13.5. The molecule has 0 unspecified atom stereocenters. The van der Waals surface area contributed by atoms with E-state index in [0.29, 0.717) is 12.8 Å². The summed E-state index contributed by atoms with van der Waals surface area (Å²) in [6, 6.07) is 3.81. The zero-order valence-corrected chi connectivity index (χ0v) is 10.6. The van der Waals surface area contributed by atoms with E-state index in [4.69, 9.17) is 10.2 Å². The lowest BCUT2D eigenvalue weighted by Crippen LogP contribution is -2.11. The first kappa shape index (κ1) is 13.7. The van der Waals surface area contributed by atoms with Gasteiger partial charge in [0.25, 0.3) is 0 Å². The minimum absolute atomic E-state index is 0.194. The Balaban J connectivity index is 2.14. The summed E-state index contributed by atoms with van der Waals surface area (Å²) in [5.41, 5.74) is -0.510. The van der Waals surface area contributed by atoms with Crippen LogP contribution < -0.4 is 0 Å². The van der Waals surface area contributed by atoms with Gasteiger partial charge in [0.05, 0.1) is 0 Å². The lowest BCUT2D eigenvalue weighted by Gasteiger charge is -2.18. The molecule has 0 radical (unpaired) electrons. The molecule has 2 aromatic carbocycles. The second-order valence-electron chi connectivity index (χ2n) is 5.16. The molecule has 3 rings (SSSR count). The van der Waals surface area contributed by atoms with Crippen LogP contribution in [-0.4, -0.2) is 10.2 Å². The van der Waals surface area contributed by atoms with Gasteiger partial charge in [-0.1, -0.05) is 0 Å². The Kier molecular flexibility index (Phi) is 2.86. The van der Waals surface area contributed by atoms with Crippen molar-refractivity contribution >= 4 is 0 Å². The van der Waals surface area contributed by atoms with Crippen LogP contribution in [0.3, 0.4) is 0 Å². The summed E-state index contributed by atoms with van der Waals surface area (Å²) in [5.74, 6) is -6.69. The highest BCUT2D eigenvalue weighted by Gasteiger charge is 2.47. The molecule has 0 heterocycles. The second-order valence-corrected chi connectivity index (χ2v) is 5.16. The third-order valence-corrected chi connectivity index (χ3v) is 3.89. The first-order valence-corrected chi connectivity index (χ1v) is 6.22. The number of phenolic OH excluding ortho intramolecular Hbond substituents is 2. The van der Waals surface area contributed by atoms with Gasteiger partial charge in [-0.3, -0.25) is 0 Å². The van der Waals surface area contributed by atoms with Crippen molar-refractivity contribution < 1.29 is 27.8 Å². The topological polar surface area (TPSA) is 40.5 Å². The quantitative estimate of drug-likeness (QED) is 0.829. The average molecular weight is 298 g/mol. The van der Waals surface area contributed by atoms with Gasteiger partial charge in [-0.25, -0.2) is 17.6 Å². The van der Waals surface area contributed by atoms with Crippen molar-refractivity contribution in [1.82, 2.24) is 0 Å². The first-order chi connectivity index (χ1) is 9.85. The molecule has 2 N–H and O–H groups in total. The largest absolute Gasteiger partial charge is 0.503 e. The summed E-state index contributed by atoms with van der Waals surface area (Å²) in [7, 11) is 0. The van der Waals surface area contributed by atoms with E-state index in [1.165, 1.54) is 0 Å². The highest BCUT2D eigenvalue weighted by Crippen LogP contribution is 2.54. The highest BCUT2D eigenvalue weighted by molar-refractivity contribution is 5.48. The predicted molar refractivity (Wildman–Crippen MR) is 66.1 cm³/mol. The Morgan fingerprint density at radius 2 is 0.952 bits per heavy atom. The molecule has 2 nitrogen and oxygen atoms in total. The fourth-order valence-corrected chi connectivity index (χ4v) is 2.55. The Bertz CT molecular complexity index is 633. The average Bonchev–Trinajstić information content (AvgIpc) is 3.22. The Hall–Kier alpha value is -2.24. The van der Waals surface area contributed by atoms with Crippen molar-refractivity contribution in [3.8, 4) is 11.5 Å². The van der Waals surface area contributed by atoms with Crippen LogP contribution in [0, 0.1) is 23.3 Å². The zero-order valence-electron chi connectivity index (χ0n) is 10.6. The predicted octanol–water partition coefficient (Wildman–Crippen LogP) is 3.73. The molecule has 0 spiro atoms. The summed E-state index contributed by atoms with van der Waals surface area (Å²) < 4.78 is 53.8. The Morgan fingerprint density at radius 3 is 1.19 bits per heavy atom. The lowest BCUT2D eigenvalue weighted by molar-refractivity contribution is 0.393. The summed E-state index contributed by atoms with van der Waals surface area (Å²) in [6.45, 7) is 0. The van der Waals surface area contributed by atoms with Crippen LogP contribution in [0.5, 0.6) is 11.5 Å². The van der Waals surface area contributed by atoms with Crippen LogP contribution >= 0.6 is 0 Å². The molecule has 0 saturated heterocycles. The van der Waals surface area contributed by atoms with Crippen molar-refractivity contribution in [3.05, 3.63) is 58.7 Å². The molecule has 110 valence electrons. The van der Waals surface area contributed by atoms with E-state index in [9.17, 15) is 17.6 Å². The minimum Gasteiger partial charge on any atom is -0.503 e. The molecule has 0 aromatic heterocycles. The van der Waals surface area contributed by atoms with Crippen molar-refractivity contribution in [1.29, 1.82) is 0 Å². The van der Waals surface area contributed by atoms with Crippen molar-refractivity contribution in [3.63, 3.8) is 0 Å². The van der Waals surface area contributed by atoms with E-state index in [2.05, 4.69) is 0 Å². The van der Waals surface area contributed by atoms with Gasteiger partial charge in [-0.05, 0) is 48.2 Å². The summed E-state index contributed by atoms with van der Waals surface area (Å²) in [5, 5.41) is 18.2. The monoisotopic (exact) mass is 298 g/mol. The van der Waals surface area contributed by atoms with E-state index in [1.54, 1.807) is 0 Å². The number of aromatic hydroxyl groups is 2. The molecule has 21 heavy (non-hydrogen) atoms. The normalized spacial score (nSPS) is 16.0. The van der Waals surface area contributed by atoms with Gasteiger partial charge in [-0.15, -0.1) is 0 Å². The van der Waals surface area contributed by atoms with Gasteiger partial charge >= 0.3 is 0 Å². The maximum absolute atomic E-state index is 13.5. The van der Waals surface area contributed by atoms with Gasteiger partial charge in [0.2, 0.25) is 0 Å². The lowest BCUT2D eigenvalue weighted by atomic mass is 9.87. The number of hydrogen-bond donors (Lipinski definition) is 2. The molecule has 1 aliphatic rings. The zero-order chi connectivity index (χ0) is 15.4. The van der Waals surface area contributed by atoms with Gasteiger partial charge in [-0.2, -0.15) is 0 Å². The standard InChI is InChI=1S/C15H10F4O2/c16-9-3-7(4-10(17)13(9)20)15(1-2-15)8-5-11(18)14(21)12(19)6-8/h3-6,20-21H,1-2H2. The molecule has 0 atom stereocenters. The van der Waals surface area contributed by atoms with Gasteiger partial charge in [0.1, 0.15) is 0 Å². The van der Waals surface area contributed by atoms with Gasteiger partial charge < -0.3 is 10.2 Å². The van der Waals surface area contributed by atoms with Crippen LogP contribution in [-0.2, 0) is 5.41 Å².